The quantitative estimate of drug-likeness (QED) is 0.241. The molecule has 0 N–H and O–H groups in total. The van der Waals surface area contributed by atoms with Crippen molar-refractivity contribution in [3.05, 3.63) is 0 Å². The van der Waals surface area contributed by atoms with Crippen molar-refractivity contribution in [2.24, 2.45) is 10.8 Å². The van der Waals surface area contributed by atoms with Crippen molar-refractivity contribution in [2.45, 2.75) is 145 Å². The molecule has 0 spiro atoms. The van der Waals surface area contributed by atoms with E-state index in [0.717, 1.165) is 0 Å². The Morgan fingerprint density at radius 1 is 0.345 bits per heavy atom. The van der Waals surface area contributed by atoms with Crippen LogP contribution in [0.1, 0.15) is 125 Å². The third-order valence-electron chi connectivity index (χ3n) is 5.04. The molecule has 0 aliphatic carbocycles. The second kappa shape index (κ2) is 11.6. The van der Waals surface area contributed by atoms with Gasteiger partial charge in [0.05, 0.1) is 32.9 Å². The number of rotatable bonds is 2. The van der Waals surface area contributed by atoms with Crippen molar-refractivity contribution in [2.75, 3.05) is 12.3 Å². The van der Waals surface area contributed by atoms with E-state index < -0.39 is 0 Å². The predicted octanol–water partition coefficient (Wildman–Crippen LogP) is 9.68. The summed E-state index contributed by atoms with van der Waals surface area (Å²) in [5.41, 5.74) is 0.962. The molecular weight excluding hydrogens is 481 g/mol. The van der Waals surface area contributed by atoms with Gasteiger partial charge in [-0.1, -0.05) is 41.5 Å². The van der Waals surface area contributed by atoms with Gasteiger partial charge in [-0.2, -0.15) is 0 Å². The zero-order valence-electron chi connectivity index (χ0n) is 23.7. The maximum Gasteiger partial charge on any atom is 0.0698 e. The fourth-order valence-corrected chi connectivity index (χ4v) is 13.1. The first kappa shape index (κ1) is 35.1. The Kier molecular flexibility index (Phi) is 14.0. The molecule has 0 amide bonds. The second-order valence-corrected chi connectivity index (χ2v) is 24.1. The molecule has 0 atom stereocenters. The minimum Gasteiger partial charge on any atom is -0.0567 e. The minimum atomic E-state index is -0.333. The SMILES string of the molecule is CC(C)(C)C[PH+](C(C)(C)C)C(C)(C)C.CC(C)(C)C[PH+](C(C)(C)C)C(C)(C)C.[Pd]. The third-order valence-corrected chi connectivity index (χ3v) is 15.1. The summed E-state index contributed by atoms with van der Waals surface area (Å²) in [5.74, 6) is 0. The van der Waals surface area contributed by atoms with Crippen LogP contribution in [-0.2, 0) is 20.4 Å². The maximum atomic E-state index is 2.41. The van der Waals surface area contributed by atoms with Gasteiger partial charge in [0.1, 0.15) is 0 Å². The molecule has 0 radical (unpaired) electrons. The summed E-state index contributed by atoms with van der Waals surface area (Å²) in [5, 5.41) is 2.04. The van der Waals surface area contributed by atoms with Crippen LogP contribution < -0.4 is 0 Å². The topological polar surface area (TPSA) is 0 Å². The van der Waals surface area contributed by atoms with Crippen LogP contribution >= 0.6 is 15.8 Å². The molecule has 0 aromatic heterocycles. The van der Waals surface area contributed by atoms with Crippen LogP contribution in [0.25, 0.3) is 0 Å². The van der Waals surface area contributed by atoms with Crippen molar-refractivity contribution in [3.63, 3.8) is 0 Å². The molecule has 0 nitrogen and oxygen atoms in total. The molecule has 0 aromatic rings. The van der Waals surface area contributed by atoms with E-state index in [2.05, 4.69) is 125 Å². The van der Waals surface area contributed by atoms with E-state index in [0.29, 0.717) is 31.5 Å². The summed E-state index contributed by atoms with van der Waals surface area (Å²) in [6.07, 6.45) is 2.81. The molecule has 0 unspecified atom stereocenters. The van der Waals surface area contributed by atoms with E-state index in [4.69, 9.17) is 0 Å². The van der Waals surface area contributed by atoms with Crippen LogP contribution in [0.2, 0.25) is 0 Å². The summed E-state index contributed by atoms with van der Waals surface area (Å²) in [7, 11) is -0.666. The van der Waals surface area contributed by atoms with E-state index in [1.807, 2.05) is 0 Å². The Morgan fingerprint density at radius 2 is 0.483 bits per heavy atom. The van der Waals surface area contributed by atoms with E-state index in [1.54, 1.807) is 0 Å². The first-order valence-electron chi connectivity index (χ1n) is 11.4. The maximum absolute atomic E-state index is 2.41. The van der Waals surface area contributed by atoms with Crippen LogP contribution in [0.5, 0.6) is 0 Å². The Morgan fingerprint density at radius 3 is 0.517 bits per heavy atom. The van der Waals surface area contributed by atoms with E-state index >= 15 is 0 Å². The largest absolute Gasteiger partial charge is 0.0698 e. The molecule has 3 heteroatoms. The molecule has 0 saturated carbocycles. The van der Waals surface area contributed by atoms with Crippen molar-refractivity contribution in [3.8, 4) is 0 Å². The van der Waals surface area contributed by atoms with Gasteiger partial charge in [-0.15, -0.1) is 0 Å². The molecule has 0 aromatic carbocycles. The van der Waals surface area contributed by atoms with E-state index in [1.165, 1.54) is 12.3 Å². The van der Waals surface area contributed by atoms with Crippen molar-refractivity contribution in [1.29, 1.82) is 0 Å². The van der Waals surface area contributed by atoms with Gasteiger partial charge in [-0.05, 0) is 93.9 Å². The fourth-order valence-electron chi connectivity index (χ4n) is 4.37. The molecule has 0 bridgehead atoms. The van der Waals surface area contributed by atoms with Gasteiger partial charge in [0.25, 0.3) is 0 Å². The van der Waals surface area contributed by atoms with E-state index in [-0.39, 0.29) is 36.3 Å². The van der Waals surface area contributed by atoms with Gasteiger partial charge in [0.2, 0.25) is 0 Å². The zero-order chi connectivity index (χ0) is 23.6. The van der Waals surface area contributed by atoms with Crippen LogP contribution in [0, 0.1) is 10.8 Å². The molecule has 0 saturated heterocycles. The molecular formula is C26H60P2Pd+2. The first-order chi connectivity index (χ1) is 11.7. The number of hydrogen-bond acceptors (Lipinski definition) is 0. The van der Waals surface area contributed by atoms with Crippen LogP contribution in [-0.4, -0.2) is 32.9 Å². The van der Waals surface area contributed by atoms with Gasteiger partial charge in [0.15, 0.2) is 0 Å². The first-order valence-corrected chi connectivity index (χ1v) is 14.8. The van der Waals surface area contributed by atoms with Gasteiger partial charge in [-0.3, -0.25) is 0 Å². The normalized spacial score (nSPS) is 14.5. The summed E-state index contributed by atoms with van der Waals surface area (Å²) in [4.78, 5) is 0. The van der Waals surface area contributed by atoms with Crippen molar-refractivity contribution < 1.29 is 20.4 Å². The molecule has 182 valence electrons. The fraction of sp³-hybridized carbons (Fsp3) is 1.00. The predicted molar refractivity (Wildman–Crippen MR) is 144 cm³/mol. The summed E-state index contributed by atoms with van der Waals surface area (Å²) >= 11 is 0. The molecule has 0 aliphatic heterocycles. The third kappa shape index (κ3) is 17.7. The summed E-state index contributed by atoms with van der Waals surface area (Å²) in [6, 6.07) is 0. The monoisotopic (exact) mass is 540 g/mol. The zero-order valence-corrected chi connectivity index (χ0v) is 27.3. The van der Waals surface area contributed by atoms with Crippen LogP contribution in [0.3, 0.4) is 0 Å². The standard InChI is InChI=1S/2C13H29P.Pd/c2*1-11(2,3)10-14(12(4,5)6)13(7,8)9;/h2*10H2,1-9H3;/p+2. The Hall–Kier alpha value is 1.52. The minimum absolute atomic E-state index is 0. The Balaban J connectivity index is -0.000000451. The smallest absolute Gasteiger partial charge is 0.0567 e. The summed E-state index contributed by atoms with van der Waals surface area (Å²) < 4.78 is 0. The van der Waals surface area contributed by atoms with Crippen molar-refractivity contribution >= 4 is 15.8 Å². The van der Waals surface area contributed by atoms with Gasteiger partial charge in [0, 0.05) is 36.3 Å². The molecule has 0 rings (SSSR count). The second-order valence-electron chi connectivity index (χ2n) is 15.4. The summed E-state index contributed by atoms with van der Waals surface area (Å²) in [6.45, 7) is 43.2. The molecule has 0 heterocycles. The van der Waals surface area contributed by atoms with Crippen LogP contribution in [0.4, 0.5) is 0 Å². The average Bonchev–Trinajstić information content (AvgIpc) is 2.26. The Labute approximate surface area is 204 Å². The van der Waals surface area contributed by atoms with Crippen molar-refractivity contribution in [1.82, 2.24) is 0 Å². The van der Waals surface area contributed by atoms with Crippen LogP contribution in [0.15, 0.2) is 0 Å². The van der Waals surface area contributed by atoms with Gasteiger partial charge in [-0.25, -0.2) is 0 Å². The van der Waals surface area contributed by atoms with Gasteiger partial charge < -0.3 is 0 Å². The molecule has 29 heavy (non-hydrogen) atoms. The average molecular weight is 541 g/mol. The Bertz CT molecular complexity index is 368. The van der Waals surface area contributed by atoms with Gasteiger partial charge >= 0.3 is 0 Å². The van der Waals surface area contributed by atoms with E-state index in [9.17, 15) is 0 Å². The molecule has 0 aliphatic rings. The molecule has 0 fully saturated rings. The number of hydrogen-bond donors (Lipinski definition) is 0.